The standard InChI is InChI=1S/C29H26N2O6/c1-19-7-6-9-22(15-19)35-14-5-4-13-31-24-17-21(11-12-26(24)36-18-27(31)32)30-28(33)23-16-20-8-2-3-10-25(20)37-29(23)34/h2-3,6-12,15-17H,4-5,13-14,18H2,1H3,(H,30,33). The lowest BCUT2D eigenvalue weighted by Gasteiger charge is -2.30. The van der Waals surface area contributed by atoms with Crippen molar-refractivity contribution >= 4 is 34.2 Å². The van der Waals surface area contributed by atoms with Crippen molar-refractivity contribution in [1.82, 2.24) is 0 Å². The van der Waals surface area contributed by atoms with Crippen LogP contribution < -0.4 is 25.3 Å². The number of hydrogen-bond acceptors (Lipinski definition) is 6. The number of ether oxygens (including phenoxy) is 2. The number of nitrogens with one attached hydrogen (secondary N) is 1. The fraction of sp³-hybridized carbons (Fsp3) is 0.207. The zero-order chi connectivity index (χ0) is 25.8. The molecule has 1 N–H and O–H groups in total. The number of unbranched alkanes of at least 4 members (excludes halogenated alkanes) is 1. The van der Waals surface area contributed by atoms with Crippen molar-refractivity contribution < 1.29 is 23.5 Å². The van der Waals surface area contributed by atoms with E-state index in [1.54, 1.807) is 47.4 Å². The summed E-state index contributed by atoms with van der Waals surface area (Å²) in [4.78, 5) is 39.5. The van der Waals surface area contributed by atoms with Gasteiger partial charge in [0.1, 0.15) is 22.6 Å². The van der Waals surface area contributed by atoms with Gasteiger partial charge in [0.05, 0.1) is 12.3 Å². The Kier molecular flexibility index (Phi) is 6.89. The summed E-state index contributed by atoms with van der Waals surface area (Å²) in [7, 11) is 0. The van der Waals surface area contributed by atoms with Gasteiger partial charge in [-0.05, 0) is 67.8 Å². The molecule has 8 nitrogen and oxygen atoms in total. The number of aryl methyl sites for hydroxylation is 1. The lowest BCUT2D eigenvalue weighted by atomic mass is 10.1. The quantitative estimate of drug-likeness (QED) is 0.273. The van der Waals surface area contributed by atoms with Crippen LogP contribution in [0.15, 0.2) is 82.0 Å². The molecule has 0 aliphatic carbocycles. The summed E-state index contributed by atoms with van der Waals surface area (Å²) in [5.74, 6) is 0.626. The molecule has 1 aliphatic rings. The van der Waals surface area contributed by atoms with E-state index < -0.39 is 11.5 Å². The number of para-hydroxylation sites is 1. The molecule has 0 saturated carbocycles. The number of carbonyl (C=O) groups is 2. The average molecular weight is 499 g/mol. The van der Waals surface area contributed by atoms with Crippen molar-refractivity contribution in [3.63, 3.8) is 0 Å². The van der Waals surface area contributed by atoms with Crippen LogP contribution in [-0.4, -0.2) is 31.6 Å². The summed E-state index contributed by atoms with van der Waals surface area (Å²) in [6.07, 6.45) is 1.49. The lowest BCUT2D eigenvalue weighted by Crippen LogP contribution is -2.39. The Bertz CT molecular complexity index is 1530. The largest absolute Gasteiger partial charge is 0.494 e. The Morgan fingerprint density at radius 3 is 2.73 bits per heavy atom. The third-order valence-corrected chi connectivity index (χ3v) is 6.08. The van der Waals surface area contributed by atoms with E-state index >= 15 is 0 Å². The molecule has 4 aromatic rings. The molecule has 0 fully saturated rings. The first kappa shape index (κ1) is 24.1. The fourth-order valence-electron chi connectivity index (χ4n) is 4.21. The van der Waals surface area contributed by atoms with Gasteiger partial charge in [0.2, 0.25) is 0 Å². The number of amides is 2. The molecule has 5 rings (SSSR count). The minimum Gasteiger partial charge on any atom is -0.494 e. The first-order chi connectivity index (χ1) is 18.0. The van der Waals surface area contributed by atoms with Crippen LogP contribution in [0, 0.1) is 6.92 Å². The fourth-order valence-corrected chi connectivity index (χ4v) is 4.21. The molecule has 0 bridgehead atoms. The summed E-state index contributed by atoms with van der Waals surface area (Å²) >= 11 is 0. The van der Waals surface area contributed by atoms with Crippen molar-refractivity contribution in [3.05, 3.63) is 94.3 Å². The van der Waals surface area contributed by atoms with Gasteiger partial charge in [0.25, 0.3) is 11.8 Å². The number of nitrogens with zero attached hydrogens (tertiary/aromatic N) is 1. The van der Waals surface area contributed by atoms with Crippen molar-refractivity contribution in [2.45, 2.75) is 19.8 Å². The van der Waals surface area contributed by atoms with E-state index in [1.807, 2.05) is 31.2 Å². The number of rotatable bonds is 8. The number of benzene rings is 3. The Morgan fingerprint density at radius 1 is 1.00 bits per heavy atom. The molecule has 1 aromatic heterocycles. The maximum absolute atomic E-state index is 12.9. The predicted molar refractivity (Wildman–Crippen MR) is 141 cm³/mol. The minimum absolute atomic E-state index is 0.0450. The molecule has 0 atom stereocenters. The van der Waals surface area contributed by atoms with E-state index in [1.165, 1.54) is 6.07 Å². The molecule has 0 saturated heterocycles. The van der Waals surface area contributed by atoms with E-state index in [4.69, 9.17) is 13.9 Å². The van der Waals surface area contributed by atoms with Crippen molar-refractivity contribution in [2.24, 2.45) is 0 Å². The van der Waals surface area contributed by atoms with Crippen molar-refractivity contribution in [3.8, 4) is 11.5 Å². The normalized spacial score (nSPS) is 12.7. The van der Waals surface area contributed by atoms with E-state index in [9.17, 15) is 14.4 Å². The number of hydrogen-bond donors (Lipinski definition) is 1. The number of fused-ring (bicyclic) bond motifs is 2. The smallest absolute Gasteiger partial charge is 0.349 e. The maximum Gasteiger partial charge on any atom is 0.349 e. The van der Waals surface area contributed by atoms with Crippen LogP contribution >= 0.6 is 0 Å². The molecular weight excluding hydrogens is 472 g/mol. The lowest BCUT2D eigenvalue weighted by molar-refractivity contribution is -0.121. The summed E-state index contributed by atoms with van der Waals surface area (Å²) in [6.45, 7) is 3.00. The molecular formula is C29H26N2O6. The molecule has 37 heavy (non-hydrogen) atoms. The zero-order valence-corrected chi connectivity index (χ0v) is 20.4. The second-order valence-corrected chi connectivity index (χ2v) is 8.83. The highest BCUT2D eigenvalue weighted by molar-refractivity contribution is 6.06. The zero-order valence-electron chi connectivity index (χ0n) is 20.4. The molecule has 1 aliphatic heterocycles. The highest BCUT2D eigenvalue weighted by atomic mass is 16.5. The monoisotopic (exact) mass is 498 g/mol. The molecule has 2 heterocycles. The summed E-state index contributed by atoms with van der Waals surface area (Å²) in [5, 5.41) is 3.38. The van der Waals surface area contributed by atoms with E-state index in [0.717, 1.165) is 24.2 Å². The van der Waals surface area contributed by atoms with Gasteiger partial charge in [-0.25, -0.2) is 4.79 Å². The van der Waals surface area contributed by atoms with Crippen molar-refractivity contribution in [2.75, 3.05) is 30.0 Å². The Labute approximate surface area is 213 Å². The Hall–Kier alpha value is -4.59. The topological polar surface area (TPSA) is 98.1 Å². The summed E-state index contributed by atoms with van der Waals surface area (Å²) < 4.78 is 16.7. The van der Waals surface area contributed by atoms with Crippen LogP contribution in [0.3, 0.4) is 0 Å². The maximum atomic E-state index is 12.9. The third kappa shape index (κ3) is 5.48. The second-order valence-electron chi connectivity index (χ2n) is 8.83. The van der Waals surface area contributed by atoms with Gasteiger partial charge in [-0.15, -0.1) is 0 Å². The predicted octanol–water partition coefficient (Wildman–Crippen LogP) is 4.94. The van der Waals surface area contributed by atoms with Crippen LogP contribution in [0.5, 0.6) is 11.5 Å². The highest BCUT2D eigenvalue weighted by Crippen LogP contribution is 2.35. The van der Waals surface area contributed by atoms with Gasteiger partial charge in [-0.3, -0.25) is 9.59 Å². The first-order valence-corrected chi connectivity index (χ1v) is 12.1. The molecule has 2 amide bonds. The highest BCUT2D eigenvalue weighted by Gasteiger charge is 2.26. The third-order valence-electron chi connectivity index (χ3n) is 6.08. The van der Waals surface area contributed by atoms with Crippen LogP contribution in [0.25, 0.3) is 11.0 Å². The van der Waals surface area contributed by atoms with Gasteiger partial charge >= 0.3 is 5.63 Å². The number of anilines is 2. The van der Waals surface area contributed by atoms with Gasteiger partial charge in [0.15, 0.2) is 6.61 Å². The van der Waals surface area contributed by atoms with E-state index in [0.29, 0.717) is 41.2 Å². The molecule has 188 valence electrons. The summed E-state index contributed by atoms with van der Waals surface area (Å²) in [6, 6.07) is 21.4. The van der Waals surface area contributed by atoms with E-state index in [2.05, 4.69) is 5.32 Å². The molecule has 0 radical (unpaired) electrons. The van der Waals surface area contributed by atoms with Crippen molar-refractivity contribution in [1.29, 1.82) is 0 Å². The van der Waals surface area contributed by atoms with Crippen LogP contribution in [-0.2, 0) is 4.79 Å². The first-order valence-electron chi connectivity index (χ1n) is 12.1. The molecule has 0 spiro atoms. The Morgan fingerprint density at radius 2 is 1.86 bits per heavy atom. The van der Waals surface area contributed by atoms with Crippen LogP contribution in [0.2, 0.25) is 0 Å². The van der Waals surface area contributed by atoms with Gasteiger partial charge < -0.3 is 24.1 Å². The molecule has 3 aromatic carbocycles. The average Bonchev–Trinajstić information content (AvgIpc) is 2.89. The summed E-state index contributed by atoms with van der Waals surface area (Å²) in [5.41, 5.74) is 1.73. The Balaban J connectivity index is 1.25. The minimum atomic E-state index is -0.720. The molecule has 0 unspecified atom stereocenters. The van der Waals surface area contributed by atoms with Crippen LogP contribution in [0.4, 0.5) is 11.4 Å². The van der Waals surface area contributed by atoms with Gasteiger partial charge in [-0.2, -0.15) is 0 Å². The van der Waals surface area contributed by atoms with E-state index in [-0.39, 0.29) is 18.1 Å². The SMILES string of the molecule is Cc1cccc(OCCCCN2C(=O)COc3ccc(NC(=O)c4cc5ccccc5oc4=O)cc32)c1. The second kappa shape index (κ2) is 10.6. The van der Waals surface area contributed by atoms with Crippen LogP contribution in [0.1, 0.15) is 28.8 Å². The van der Waals surface area contributed by atoms with Gasteiger partial charge in [-0.1, -0.05) is 30.3 Å². The molecule has 8 heteroatoms. The van der Waals surface area contributed by atoms with Gasteiger partial charge in [0, 0.05) is 17.6 Å². The number of carbonyl (C=O) groups excluding carboxylic acids is 2.